The molecule has 0 amide bonds. The Balaban J connectivity index is 2.60. The van der Waals surface area contributed by atoms with Crippen LogP contribution in [0.3, 0.4) is 0 Å². The van der Waals surface area contributed by atoms with Gasteiger partial charge in [-0.25, -0.2) is 9.97 Å². The standard InChI is InChI=1S/C13H22BrN3S/c1-5-18-7-6-10(4)15-12-8-11(14)16-13(17-12)9(2)3/h8-10H,5-7H2,1-4H3,(H,15,16,17). The maximum Gasteiger partial charge on any atom is 0.134 e. The highest BCUT2D eigenvalue weighted by atomic mass is 79.9. The minimum Gasteiger partial charge on any atom is -0.367 e. The van der Waals surface area contributed by atoms with Gasteiger partial charge in [0.25, 0.3) is 0 Å². The van der Waals surface area contributed by atoms with Gasteiger partial charge in [-0.1, -0.05) is 20.8 Å². The Hall–Kier alpha value is -0.290. The summed E-state index contributed by atoms with van der Waals surface area (Å²) >= 11 is 5.42. The van der Waals surface area contributed by atoms with Gasteiger partial charge in [0, 0.05) is 18.0 Å². The third-order valence-corrected chi connectivity index (χ3v) is 3.86. The van der Waals surface area contributed by atoms with Crippen molar-refractivity contribution < 1.29 is 0 Å². The summed E-state index contributed by atoms with van der Waals surface area (Å²) in [6.07, 6.45) is 1.15. The zero-order valence-electron chi connectivity index (χ0n) is 11.5. The lowest BCUT2D eigenvalue weighted by molar-refractivity contribution is 0.742. The normalized spacial score (nSPS) is 12.8. The van der Waals surface area contributed by atoms with E-state index in [1.54, 1.807) is 0 Å². The van der Waals surface area contributed by atoms with Crippen LogP contribution in [-0.2, 0) is 0 Å². The fraction of sp³-hybridized carbons (Fsp3) is 0.692. The lowest BCUT2D eigenvalue weighted by Crippen LogP contribution is -2.17. The van der Waals surface area contributed by atoms with Gasteiger partial charge in [-0.2, -0.15) is 11.8 Å². The lowest BCUT2D eigenvalue weighted by atomic mass is 10.2. The maximum absolute atomic E-state index is 4.54. The van der Waals surface area contributed by atoms with Gasteiger partial charge in [-0.15, -0.1) is 0 Å². The zero-order valence-corrected chi connectivity index (χ0v) is 13.9. The molecule has 0 aliphatic rings. The quantitative estimate of drug-likeness (QED) is 0.596. The largest absolute Gasteiger partial charge is 0.367 e. The molecule has 0 bridgehead atoms. The summed E-state index contributed by atoms with van der Waals surface area (Å²) in [7, 11) is 0. The molecule has 1 aromatic heterocycles. The molecule has 0 radical (unpaired) electrons. The van der Waals surface area contributed by atoms with Crippen molar-refractivity contribution in [2.45, 2.75) is 46.1 Å². The monoisotopic (exact) mass is 331 g/mol. The van der Waals surface area contributed by atoms with Gasteiger partial charge in [-0.05, 0) is 40.8 Å². The molecule has 102 valence electrons. The van der Waals surface area contributed by atoms with Gasteiger partial charge in [0.1, 0.15) is 16.2 Å². The van der Waals surface area contributed by atoms with Crippen LogP contribution in [0.1, 0.15) is 45.9 Å². The molecule has 0 fully saturated rings. The van der Waals surface area contributed by atoms with Crippen LogP contribution in [0, 0.1) is 0 Å². The SMILES string of the molecule is CCSCCC(C)Nc1cc(Br)nc(C(C)C)n1. The molecule has 0 saturated carbocycles. The summed E-state index contributed by atoms with van der Waals surface area (Å²) in [5.41, 5.74) is 0. The number of thioether (sulfide) groups is 1. The lowest BCUT2D eigenvalue weighted by Gasteiger charge is -2.15. The van der Waals surface area contributed by atoms with Gasteiger partial charge >= 0.3 is 0 Å². The van der Waals surface area contributed by atoms with Crippen LogP contribution in [0.25, 0.3) is 0 Å². The number of hydrogen-bond donors (Lipinski definition) is 1. The molecular formula is C13H22BrN3S. The maximum atomic E-state index is 4.54. The van der Waals surface area contributed by atoms with Crippen molar-refractivity contribution in [2.75, 3.05) is 16.8 Å². The van der Waals surface area contributed by atoms with Gasteiger partial charge in [0.05, 0.1) is 0 Å². The van der Waals surface area contributed by atoms with Gasteiger partial charge in [0.2, 0.25) is 0 Å². The smallest absolute Gasteiger partial charge is 0.134 e. The number of halogens is 1. The van der Waals surface area contributed by atoms with E-state index in [9.17, 15) is 0 Å². The first-order valence-electron chi connectivity index (χ1n) is 6.41. The van der Waals surface area contributed by atoms with Crippen molar-refractivity contribution >= 4 is 33.5 Å². The second-order valence-electron chi connectivity index (χ2n) is 4.62. The Labute approximate surface area is 123 Å². The summed E-state index contributed by atoms with van der Waals surface area (Å²) < 4.78 is 0.846. The molecule has 1 unspecified atom stereocenters. The number of anilines is 1. The van der Waals surface area contributed by atoms with Crippen molar-refractivity contribution in [3.8, 4) is 0 Å². The van der Waals surface area contributed by atoms with E-state index in [4.69, 9.17) is 0 Å². The van der Waals surface area contributed by atoms with E-state index in [-0.39, 0.29) is 0 Å². The molecule has 1 rings (SSSR count). The summed E-state index contributed by atoms with van der Waals surface area (Å²) in [5.74, 6) is 4.50. The fourth-order valence-corrected chi connectivity index (χ4v) is 2.70. The highest BCUT2D eigenvalue weighted by Gasteiger charge is 2.08. The van der Waals surface area contributed by atoms with E-state index >= 15 is 0 Å². The fourth-order valence-electron chi connectivity index (χ4n) is 1.50. The molecule has 18 heavy (non-hydrogen) atoms. The van der Waals surface area contributed by atoms with Crippen molar-refractivity contribution in [1.82, 2.24) is 9.97 Å². The predicted octanol–water partition coefficient (Wildman–Crippen LogP) is 4.31. The molecular weight excluding hydrogens is 310 g/mol. The molecule has 0 aromatic carbocycles. The molecule has 0 aliphatic heterocycles. The van der Waals surface area contributed by atoms with Gasteiger partial charge in [0.15, 0.2) is 0 Å². The first-order chi connectivity index (χ1) is 8.52. The Morgan fingerprint density at radius 3 is 2.67 bits per heavy atom. The molecule has 1 atom stereocenters. The first-order valence-corrected chi connectivity index (χ1v) is 8.36. The van der Waals surface area contributed by atoms with Crippen LogP contribution < -0.4 is 5.32 Å². The molecule has 0 aliphatic carbocycles. The number of hydrogen-bond acceptors (Lipinski definition) is 4. The number of aromatic nitrogens is 2. The van der Waals surface area contributed by atoms with Crippen LogP contribution in [-0.4, -0.2) is 27.5 Å². The summed E-state index contributed by atoms with van der Waals surface area (Å²) in [6, 6.07) is 2.38. The van der Waals surface area contributed by atoms with E-state index < -0.39 is 0 Å². The molecule has 0 spiro atoms. The van der Waals surface area contributed by atoms with Crippen molar-refractivity contribution in [3.05, 3.63) is 16.5 Å². The van der Waals surface area contributed by atoms with Crippen LogP contribution in [0.5, 0.6) is 0 Å². The zero-order chi connectivity index (χ0) is 13.5. The Bertz CT molecular complexity index is 371. The average Bonchev–Trinajstić information content (AvgIpc) is 2.28. The second-order valence-corrected chi connectivity index (χ2v) is 6.83. The van der Waals surface area contributed by atoms with Gasteiger partial charge in [-0.3, -0.25) is 0 Å². The Kier molecular flexibility index (Phi) is 7.00. The van der Waals surface area contributed by atoms with E-state index in [1.807, 2.05) is 17.8 Å². The van der Waals surface area contributed by atoms with E-state index in [0.29, 0.717) is 12.0 Å². The molecule has 5 heteroatoms. The predicted molar refractivity (Wildman–Crippen MR) is 84.5 cm³/mol. The molecule has 0 saturated heterocycles. The number of nitrogens with one attached hydrogen (secondary N) is 1. The first kappa shape index (κ1) is 15.8. The second kappa shape index (κ2) is 8.00. The van der Waals surface area contributed by atoms with E-state index in [0.717, 1.165) is 22.7 Å². The third kappa shape index (κ3) is 5.57. The van der Waals surface area contributed by atoms with Gasteiger partial charge < -0.3 is 5.32 Å². The minimum absolute atomic E-state index is 0.342. The molecule has 1 N–H and O–H groups in total. The molecule has 1 heterocycles. The van der Waals surface area contributed by atoms with Crippen molar-refractivity contribution in [3.63, 3.8) is 0 Å². The Morgan fingerprint density at radius 1 is 1.33 bits per heavy atom. The highest BCUT2D eigenvalue weighted by Crippen LogP contribution is 2.18. The van der Waals surface area contributed by atoms with Crippen molar-refractivity contribution in [1.29, 1.82) is 0 Å². The van der Waals surface area contributed by atoms with Crippen molar-refractivity contribution in [2.24, 2.45) is 0 Å². The van der Waals surface area contributed by atoms with Crippen LogP contribution in [0.2, 0.25) is 0 Å². The Morgan fingerprint density at radius 2 is 2.06 bits per heavy atom. The topological polar surface area (TPSA) is 37.8 Å². The number of rotatable bonds is 7. The summed E-state index contributed by atoms with van der Waals surface area (Å²) in [6.45, 7) is 8.60. The van der Waals surface area contributed by atoms with E-state index in [2.05, 4.69) is 58.9 Å². The highest BCUT2D eigenvalue weighted by molar-refractivity contribution is 9.10. The summed E-state index contributed by atoms with van der Waals surface area (Å²) in [4.78, 5) is 8.92. The van der Waals surface area contributed by atoms with E-state index in [1.165, 1.54) is 11.5 Å². The van der Waals surface area contributed by atoms with Crippen LogP contribution in [0.15, 0.2) is 10.7 Å². The van der Waals surface area contributed by atoms with Crippen LogP contribution in [0.4, 0.5) is 5.82 Å². The van der Waals surface area contributed by atoms with Crippen LogP contribution >= 0.6 is 27.7 Å². The molecule has 3 nitrogen and oxygen atoms in total. The average molecular weight is 332 g/mol. The summed E-state index contributed by atoms with van der Waals surface area (Å²) in [5, 5.41) is 3.44. The molecule has 1 aromatic rings. The number of nitrogens with zero attached hydrogens (tertiary/aromatic N) is 2. The minimum atomic E-state index is 0.342. The third-order valence-electron chi connectivity index (χ3n) is 2.52.